The summed E-state index contributed by atoms with van der Waals surface area (Å²) in [7, 11) is 0. The van der Waals surface area contributed by atoms with E-state index in [4.69, 9.17) is 4.98 Å². The first-order valence-corrected chi connectivity index (χ1v) is 11.0. The maximum absolute atomic E-state index is 13.2. The van der Waals surface area contributed by atoms with Crippen LogP contribution < -0.4 is 5.32 Å². The third-order valence-electron chi connectivity index (χ3n) is 5.91. The van der Waals surface area contributed by atoms with Crippen molar-refractivity contribution >= 4 is 11.6 Å². The topological polar surface area (TPSA) is 46.4 Å². The average molecular weight is 370 g/mol. The first-order chi connectivity index (χ1) is 13.2. The van der Waals surface area contributed by atoms with Gasteiger partial charge in [-0.05, 0) is 37.8 Å². The Labute approximate surface area is 163 Å². The van der Waals surface area contributed by atoms with Crippen LogP contribution in [0.1, 0.15) is 99.3 Å². The number of carbonyl (C=O) groups is 1. The quantitative estimate of drug-likeness (QED) is 0.764. The number of amides is 1. The van der Waals surface area contributed by atoms with Crippen molar-refractivity contribution in [2.45, 2.75) is 96.9 Å². The van der Waals surface area contributed by atoms with Crippen molar-refractivity contribution in [2.24, 2.45) is 0 Å². The Bertz CT molecular complexity index is 737. The van der Waals surface area contributed by atoms with E-state index < -0.39 is 0 Å². The zero-order valence-electron chi connectivity index (χ0n) is 17.1. The largest absolute Gasteiger partial charge is 0.348 e. The zero-order valence-corrected chi connectivity index (χ0v) is 17.1. The molecule has 0 spiro atoms. The molecule has 2 aromatic heterocycles. The van der Waals surface area contributed by atoms with Crippen molar-refractivity contribution in [3.63, 3.8) is 0 Å². The molecule has 1 aliphatic carbocycles. The highest BCUT2D eigenvalue weighted by Crippen LogP contribution is 2.20. The highest BCUT2D eigenvalue weighted by molar-refractivity contribution is 5.95. The van der Waals surface area contributed by atoms with Crippen molar-refractivity contribution in [3.8, 4) is 0 Å². The predicted molar refractivity (Wildman–Crippen MR) is 111 cm³/mol. The lowest BCUT2D eigenvalue weighted by Gasteiger charge is -2.20. The second kappa shape index (κ2) is 9.91. The number of carbonyl (C=O) groups excluding carboxylic acids is 1. The number of fused-ring (bicyclic) bond motifs is 1. The van der Waals surface area contributed by atoms with Crippen LogP contribution in [0.4, 0.5) is 0 Å². The predicted octanol–water partition coefficient (Wildman–Crippen LogP) is 5.61. The van der Waals surface area contributed by atoms with E-state index in [-0.39, 0.29) is 11.9 Å². The van der Waals surface area contributed by atoms with Crippen LogP contribution in [0, 0.1) is 6.92 Å². The summed E-state index contributed by atoms with van der Waals surface area (Å²) in [5.74, 6) is 0.0436. The van der Waals surface area contributed by atoms with Gasteiger partial charge in [-0.1, -0.05) is 70.8 Å². The molecule has 2 heterocycles. The zero-order chi connectivity index (χ0) is 19.1. The van der Waals surface area contributed by atoms with Gasteiger partial charge < -0.3 is 5.32 Å². The molecule has 1 saturated carbocycles. The van der Waals surface area contributed by atoms with Crippen molar-refractivity contribution in [1.82, 2.24) is 14.7 Å². The molecule has 0 aromatic carbocycles. The third kappa shape index (κ3) is 5.12. The van der Waals surface area contributed by atoms with Crippen LogP contribution in [0.25, 0.3) is 5.65 Å². The lowest BCUT2D eigenvalue weighted by atomic mass is 9.98. The number of imidazole rings is 1. The molecule has 0 radical (unpaired) electrons. The molecular formula is C23H35N3O. The van der Waals surface area contributed by atoms with Gasteiger partial charge in [-0.25, -0.2) is 4.98 Å². The molecule has 0 saturated heterocycles. The summed E-state index contributed by atoms with van der Waals surface area (Å²) in [6.45, 7) is 4.13. The molecule has 1 fully saturated rings. The van der Waals surface area contributed by atoms with Crippen molar-refractivity contribution in [3.05, 3.63) is 35.3 Å². The Morgan fingerprint density at radius 2 is 1.67 bits per heavy atom. The van der Waals surface area contributed by atoms with E-state index in [1.54, 1.807) is 0 Å². The second-order valence-corrected chi connectivity index (χ2v) is 8.08. The second-order valence-electron chi connectivity index (χ2n) is 8.08. The molecule has 0 atom stereocenters. The number of nitrogens with zero attached hydrogens (tertiary/aromatic N) is 2. The number of aromatic nitrogens is 2. The molecule has 0 bridgehead atoms. The van der Waals surface area contributed by atoms with Gasteiger partial charge in [0, 0.05) is 12.2 Å². The van der Waals surface area contributed by atoms with Gasteiger partial charge in [0.15, 0.2) is 0 Å². The Morgan fingerprint density at radius 1 is 1.07 bits per heavy atom. The number of nitrogens with one attached hydrogen (secondary N) is 1. The molecule has 1 amide bonds. The monoisotopic (exact) mass is 369 g/mol. The fourth-order valence-corrected chi connectivity index (χ4v) is 4.30. The molecule has 0 aliphatic heterocycles. The molecule has 2 aromatic rings. The summed E-state index contributed by atoms with van der Waals surface area (Å²) in [4.78, 5) is 17.9. The van der Waals surface area contributed by atoms with Crippen LogP contribution in [0.15, 0.2) is 18.3 Å². The van der Waals surface area contributed by atoms with E-state index in [9.17, 15) is 4.79 Å². The fourth-order valence-electron chi connectivity index (χ4n) is 4.30. The molecular weight excluding hydrogens is 334 g/mol. The van der Waals surface area contributed by atoms with Crippen molar-refractivity contribution in [2.75, 3.05) is 0 Å². The maximum Gasteiger partial charge on any atom is 0.270 e. The van der Waals surface area contributed by atoms with Gasteiger partial charge >= 0.3 is 0 Å². The highest BCUT2D eigenvalue weighted by atomic mass is 16.2. The van der Waals surface area contributed by atoms with Crippen LogP contribution in [0.3, 0.4) is 0 Å². The summed E-state index contributed by atoms with van der Waals surface area (Å²) in [6.07, 6.45) is 16.8. The van der Waals surface area contributed by atoms with E-state index in [2.05, 4.69) is 25.2 Å². The molecule has 1 N–H and O–H groups in total. The highest BCUT2D eigenvalue weighted by Gasteiger charge is 2.21. The minimum absolute atomic E-state index is 0.0436. The standard InChI is InChI=1S/C23H35N3O/c1-3-20-21(26-17-13-14-18(2)22(26)25-20)23(27)24-19-15-11-9-7-5-4-6-8-10-12-16-19/h13-14,17,19H,3-12,15-16H2,1-2H3,(H,24,27). The maximum atomic E-state index is 13.2. The molecule has 3 rings (SSSR count). The normalized spacial score (nSPS) is 18.0. The first-order valence-electron chi connectivity index (χ1n) is 11.0. The molecule has 1 aliphatic rings. The third-order valence-corrected chi connectivity index (χ3v) is 5.91. The Hall–Kier alpha value is -1.84. The lowest BCUT2D eigenvalue weighted by molar-refractivity contribution is 0.0924. The smallest absolute Gasteiger partial charge is 0.270 e. The van der Waals surface area contributed by atoms with Gasteiger partial charge in [0.05, 0.1) is 5.69 Å². The van der Waals surface area contributed by atoms with Gasteiger partial charge in [-0.15, -0.1) is 0 Å². The van der Waals surface area contributed by atoms with Gasteiger partial charge in [0.25, 0.3) is 5.91 Å². The van der Waals surface area contributed by atoms with E-state index in [1.807, 2.05) is 16.7 Å². The number of pyridine rings is 1. The summed E-state index contributed by atoms with van der Waals surface area (Å²) in [5, 5.41) is 3.36. The van der Waals surface area contributed by atoms with Gasteiger partial charge in [0.2, 0.25) is 0 Å². The minimum atomic E-state index is 0.0436. The summed E-state index contributed by atoms with van der Waals surface area (Å²) < 4.78 is 1.97. The average Bonchev–Trinajstić information content (AvgIpc) is 3.04. The van der Waals surface area contributed by atoms with Gasteiger partial charge in [-0.2, -0.15) is 0 Å². The van der Waals surface area contributed by atoms with E-state index >= 15 is 0 Å². The lowest BCUT2D eigenvalue weighted by Crippen LogP contribution is -2.36. The summed E-state index contributed by atoms with van der Waals surface area (Å²) >= 11 is 0. The Balaban J connectivity index is 1.74. The van der Waals surface area contributed by atoms with Gasteiger partial charge in [-0.3, -0.25) is 9.20 Å². The van der Waals surface area contributed by atoms with E-state index in [0.29, 0.717) is 0 Å². The summed E-state index contributed by atoms with van der Waals surface area (Å²) in [5.41, 5.74) is 3.63. The van der Waals surface area contributed by atoms with Crippen LogP contribution in [-0.4, -0.2) is 21.3 Å². The van der Waals surface area contributed by atoms with Crippen LogP contribution in [0.2, 0.25) is 0 Å². The molecule has 0 unspecified atom stereocenters. The first kappa shape index (κ1) is 19.9. The SMILES string of the molecule is CCc1nc2c(C)cccn2c1C(=O)NC1CCCCCCCCCCC1. The summed E-state index contributed by atoms with van der Waals surface area (Å²) in [6, 6.07) is 4.34. The van der Waals surface area contributed by atoms with E-state index in [1.165, 1.54) is 57.8 Å². The van der Waals surface area contributed by atoms with Crippen molar-refractivity contribution < 1.29 is 4.79 Å². The Morgan fingerprint density at radius 3 is 2.26 bits per heavy atom. The number of aryl methyl sites for hydroxylation is 2. The van der Waals surface area contributed by atoms with E-state index in [0.717, 1.165) is 41.9 Å². The van der Waals surface area contributed by atoms with Gasteiger partial charge in [0.1, 0.15) is 11.3 Å². The number of rotatable bonds is 3. The molecule has 4 heteroatoms. The van der Waals surface area contributed by atoms with Crippen LogP contribution >= 0.6 is 0 Å². The molecule has 4 nitrogen and oxygen atoms in total. The Kier molecular flexibility index (Phi) is 7.31. The minimum Gasteiger partial charge on any atom is -0.348 e. The molecule has 27 heavy (non-hydrogen) atoms. The molecule has 148 valence electrons. The number of hydrogen-bond acceptors (Lipinski definition) is 2. The van der Waals surface area contributed by atoms with Crippen molar-refractivity contribution in [1.29, 1.82) is 0 Å². The number of hydrogen-bond donors (Lipinski definition) is 1. The fraction of sp³-hybridized carbons (Fsp3) is 0.652. The van der Waals surface area contributed by atoms with Crippen LogP contribution in [0.5, 0.6) is 0 Å². The van der Waals surface area contributed by atoms with Crippen LogP contribution in [-0.2, 0) is 6.42 Å².